The number of aromatic nitrogens is 2. The van der Waals surface area contributed by atoms with Gasteiger partial charge in [0.05, 0.1) is 23.8 Å². The second-order valence-electron chi connectivity index (χ2n) is 9.99. The number of amides is 1. The Bertz CT molecular complexity index is 1570. The molecule has 2 fully saturated rings. The first kappa shape index (κ1) is 27.7. The monoisotopic (exact) mass is 569 g/mol. The van der Waals surface area contributed by atoms with Crippen LogP contribution in [0.25, 0.3) is 5.69 Å². The van der Waals surface area contributed by atoms with Crippen LogP contribution in [0.4, 0.5) is 5.69 Å². The maximum atomic E-state index is 13.6. The summed E-state index contributed by atoms with van der Waals surface area (Å²) in [6.07, 6.45) is 1.41. The minimum absolute atomic E-state index is 0.0857. The Labute approximate surface area is 232 Å². The second-order valence-corrected chi connectivity index (χ2v) is 11.9. The summed E-state index contributed by atoms with van der Waals surface area (Å²) >= 11 is 0. The van der Waals surface area contributed by atoms with Gasteiger partial charge in [0, 0.05) is 43.9 Å². The van der Waals surface area contributed by atoms with Gasteiger partial charge in [-0.25, -0.2) is 8.42 Å². The molecule has 2 aliphatic heterocycles. The third kappa shape index (κ3) is 5.19. The number of non-ortho nitro benzene ring substituents is 1. The average Bonchev–Trinajstić information content (AvgIpc) is 3.60. The number of nitrogens with zero attached hydrogens (tertiary/aromatic N) is 5. The van der Waals surface area contributed by atoms with Gasteiger partial charge in [-0.2, -0.15) is 14.1 Å². The molecule has 12 nitrogen and oxygen atoms in total. The fourth-order valence-electron chi connectivity index (χ4n) is 4.90. The number of carbonyl (C=O) groups is 1. The van der Waals surface area contributed by atoms with E-state index in [-0.39, 0.29) is 33.8 Å². The third-order valence-electron chi connectivity index (χ3n) is 7.19. The van der Waals surface area contributed by atoms with Gasteiger partial charge in [-0.1, -0.05) is 12.1 Å². The number of rotatable bonds is 7. The molecule has 0 radical (unpaired) electrons. The van der Waals surface area contributed by atoms with Crippen molar-refractivity contribution in [2.45, 2.75) is 38.5 Å². The van der Waals surface area contributed by atoms with Gasteiger partial charge < -0.3 is 14.4 Å². The minimum Gasteiger partial charge on any atom is -0.437 e. The maximum Gasteiger partial charge on any atom is 0.274 e. The molecule has 0 aliphatic carbocycles. The normalized spacial score (nSPS) is 16.3. The van der Waals surface area contributed by atoms with Crippen molar-refractivity contribution in [2.75, 3.05) is 39.4 Å². The van der Waals surface area contributed by atoms with Crippen LogP contribution in [0.3, 0.4) is 0 Å². The summed E-state index contributed by atoms with van der Waals surface area (Å²) in [5.41, 5.74) is 2.69. The number of hydrogen-bond donors (Lipinski definition) is 0. The topological polar surface area (TPSA) is 137 Å². The minimum atomic E-state index is -4.09. The zero-order valence-electron chi connectivity index (χ0n) is 22.6. The molecule has 5 rings (SSSR count). The molecule has 3 heterocycles. The van der Waals surface area contributed by atoms with Crippen LogP contribution in [-0.4, -0.2) is 77.6 Å². The molecule has 2 aliphatic rings. The lowest BCUT2D eigenvalue weighted by atomic mass is 10.1. The van der Waals surface area contributed by atoms with Gasteiger partial charge in [0.25, 0.3) is 11.6 Å². The smallest absolute Gasteiger partial charge is 0.274 e. The van der Waals surface area contributed by atoms with Gasteiger partial charge in [-0.3, -0.25) is 14.9 Å². The lowest BCUT2D eigenvalue weighted by molar-refractivity contribution is -0.385. The Kier molecular flexibility index (Phi) is 7.62. The molecule has 0 atom stereocenters. The number of sulfonamides is 1. The van der Waals surface area contributed by atoms with E-state index in [2.05, 4.69) is 5.10 Å². The van der Waals surface area contributed by atoms with E-state index in [1.54, 1.807) is 11.8 Å². The van der Waals surface area contributed by atoms with Gasteiger partial charge in [0.1, 0.15) is 10.6 Å². The first-order valence-electron chi connectivity index (χ1n) is 13.1. The van der Waals surface area contributed by atoms with Crippen LogP contribution in [0.15, 0.2) is 41.3 Å². The van der Waals surface area contributed by atoms with E-state index in [0.717, 1.165) is 17.2 Å². The van der Waals surface area contributed by atoms with Crippen LogP contribution in [-0.2, 0) is 14.8 Å². The Morgan fingerprint density at radius 2 is 1.73 bits per heavy atom. The van der Waals surface area contributed by atoms with Crippen LogP contribution in [0.1, 0.15) is 40.0 Å². The van der Waals surface area contributed by atoms with Crippen LogP contribution >= 0.6 is 0 Å². The molecule has 1 amide bonds. The van der Waals surface area contributed by atoms with Crippen LogP contribution in [0.5, 0.6) is 11.6 Å². The molecule has 3 aromatic rings. The fraction of sp³-hybridized carbons (Fsp3) is 0.407. The van der Waals surface area contributed by atoms with Crippen LogP contribution in [0, 0.1) is 30.9 Å². The van der Waals surface area contributed by atoms with Crippen molar-refractivity contribution in [3.05, 3.63) is 68.9 Å². The van der Waals surface area contributed by atoms with Crippen molar-refractivity contribution < 1.29 is 27.6 Å². The van der Waals surface area contributed by atoms with Crippen molar-refractivity contribution >= 4 is 21.6 Å². The van der Waals surface area contributed by atoms with E-state index in [4.69, 9.17) is 9.47 Å². The third-order valence-corrected chi connectivity index (χ3v) is 9.11. The number of nitro groups is 1. The van der Waals surface area contributed by atoms with E-state index >= 15 is 0 Å². The molecule has 13 heteroatoms. The quantitative estimate of drug-likeness (QED) is 0.310. The summed E-state index contributed by atoms with van der Waals surface area (Å²) in [4.78, 5) is 25.8. The van der Waals surface area contributed by atoms with Crippen LogP contribution < -0.4 is 4.74 Å². The van der Waals surface area contributed by atoms with Crippen molar-refractivity contribution in [2.24, 2.45) is 0 Å². The second kappa shape index (κ2) is 11.0. The fourth-order valence-corrected chi connectivity index (χ4v) is 6.55. The summed E-state index contributed by atoms with van der Waals surface area (Å²) in [5, 5.41) is 16.2. The van der Waals surface area contributed by atoms with Gasteiger partial charge in [-0.05, 0) is 56.9 Å². The molecule has 1 aromatic heterocycles. The van der Waals surface area contributed by atoms with Crippen molar-refractivity contribution in [3.63, 3.8) is 0 Å². The summed E-state index contributed by atoms with van der Waals surface area (Å²) in [5.74, 6) is -0.224. The number of morpholine rings is 1. The Balaban J connectivity index is 1.66. The van der Waals surface area contributed by atoms with Crippen molar-refractivity contribution in [3.8, 4) is 17.3 Å². The standard InChI is InChI=1S/C27H31N5O7S/c1-18-6-7-19(2)22(16-18)31-27(20(3)25(28-31)26(33)29-12-14-38-15-13-29)39-23-9-8-21(32(34)35)17-24(23)40(36,37)30-10-4-5-11-30/h6-9,16-17H,4-5,10-15H2,1-3H3. The molecule has 2 aromatic carbocycles. The first-order valence-corrected chi connectivity index (χ1v) is 14.5. The zero-order chi connectivity index (χ0) is 28.6. The van der Waals surface area contributed by atoms with Crippen LogP contribution in [0.2, 0.25) is 0 Å². The van der Waals surface area contributed by atoms with Gasteiger partial charge in [0.2, 0.25) is 15.9 Å². The predicted molar refractivity (Wildman–Crippen MR) is 146 cm³/mol. The average molecular weight is 570 g/mol. The van der Waals surface area contributed by atoms with Gasteiger partial charge in [0.15, 0.2) is 5.69 Å². The Hall–Kier alpha value is -3.81. The van der Waals surface area contributed by atoms with Crippen molar-refractivity contribution in [1.29, 1.82) is 0 Å². The summed E-state index contributed by atoms with van der Waals surface area (Å²) < 4.78 is 41.7. The molecule has 0 unspecified atom stereocenters. The molecule has 0 saturated carbocycles. The molecular weight excluding hydrogens is 538 g/mol. The SMILES string of the molecule is Cc1ccc(C)c(-n2nc(C(=O)N3CCOCC3)c(C)c2Oc2ccc([N+](=O)[O-])cc2S(=O)(=O)N2CCCC2)c1. The highest BCUT2D eigenvalue weighted by molar-refractivity contribution is 7.89. The highest BCUT2D eigenvalue weighted by Crippen LogP contribution is 2.38. The summed E-state index contributed by atoms with van der Waals surface area (Å²) in [7, 11) is -4.09. The first-order chi connectivity index (χ1) is 19.1. The molecule has 0 spiro atoms. The lowest BCUT2D eigenvalue weighted by Gasteiger charge is -2.26. The number of nitro benzene ring substituents is 1. The van der Waals surface area contributed by atoms with E-state index < -0.39 is 14.9 Å². The number of carbonyl (C=O) groups excluding carboxylic acids is 1. The van der Waals surface area contributed by atoms with E-state index in [1.807, 2.05) is 32.0 Å². The molecule has 0 bridgehead atoms. The van der Waals surface area contributed by atoms with E-state index in [1.165, 1.54) is 21.1 Å². The Morgan fingerprint density at radius 3 is 2.40 bits per heavy atom. The van der Waals surface area contributed by atoms with Crippen molar-refractivity contribution in [1.82, 2.24) is 19.0 Å². The number of hydrogen-bond acceptors (Lipinski definition) is 8. The lowest BCUT2D eigenvalue weighted by Crippen LogP contribution is -2.41. The predicted octanol–water partition coefficient (Wildman–Crippen LogP) is 3.75. The molecule has 2 saturated heterocycles. The zero-order valence-corrected chi connectivity index (χ0v) is 23.4. The largest absolute Gasteiger partial charge is 0.437 e. The summed E-state index contributed by atoms with van der Waals surface area (Å²) in [6.45, 7) is 7.85. The highest BCUT2D eigenvalue weighted by Gasteiger charge is 2.34. The number of aryl methyl sites for hydroxylation is 2. The number of benzene rings is 2. The number of ether oxygens (including phenoxy) is 2. The molecule has 212 valence electrons. The van der Waals surface area contributed by atoms with E-state index in [0.29, 0.717) is 63.5 Å². The molecular formula is C27H31N5O7S. The Morgan fingerprint density at radius 1 is 1.02 bits per heavy atom. The molecule has 0 N–H and O–H groups in total. The van der Waals surface area contributed by atoms with Gasteiger partial charge in [-0.15, -0.1) is 0 Å². The summed E-state index contributed by atoms with van der Waals surface area (Å²) in [6, 6.07) is 9.28. The highest BCUT2D eigenvalue weighted by atomic mass is 32.2. The van der Waals surface area contributed by atoms with E-state index in [9.17, 15) is 23.3 Å². The molecule has 40 heavy (non-hydrogen) atoms. The van der Waals surface area contributed by atoms with Gasteiger partial charge >= 0.3 is 0 Å². The maximum absolute atomic E-state index is 13.6.